The minimum Gasteiger partial charge on any atom is -0.497 e. The van der Waals surface area contributed by atoms with Crippen LogP contribution in [0.25, 0.3) is 22.1 Å². The van der Waals surface area contributed by atoms with Gasteiger partial charge in [0.2, 0.25) is 5.43 Å². The third-order valence-electron chi connectivity index (χ3n) is 6.13. The molecule has 1 aliphatic heterocycles. The summed E-state index contributed by atoms with van der Waals surface area (Å²) in [6.45, 7) is 5.31. The number of hydrogen-bond acceptors (Lipinski definition) is 6. The van der Waals surface area contributed by atoms with Gasteiger partial charge >= 0.3 is 0 Å². The van der Waals surface area contributed by atoms with Gasteiger partial charge in [-0.05, 0) is 60.4 Å². The van der Waals surface area contributed by atoms with Crippen LogP contribution in [0.15, 0.2) is 63.8 Å². The molecule has 180 valence electrons. The first kappa shape index (κ1) is 22.8. The topological polar surface area (TPSA) is 67.1 Å². The zero-order valence-corrected chi connectivity index (χ0v) is 20.2. The van der Waals surface area contributed by atoms with Gasteiger partial charge in [0, 0.05) is 6.07 Å². The van der Waals surface area contributed by atoms with Gasteiger partial charge in [-0.1, -0.05) is 31.5 Å². The highest BCUT2D eigenvalue weighted by atomic mass is 16.6. The van der Waals surface area contributed by atoms with Crippen LogP contribution in [-0.4, -0.2) is 20.3 Å². The Morgan fingerprint density at radius 2 is 1.80 bits per heavy atom. The smallest absolute Gasteiger partial charge is 0.200 e. The quantitative estimate of drug-likeness (QED) is 0.325. The van der Waals surface area contributed by atoms with Gasteiger partial charge in [0.1, 0.15) is 42.7 Å². The van der Waals surface area contributed by atoms with Crippen molar-refractivity contribution in [3.8, 4) is 34.1 Å². The standard InChI is InChI=1S/C29H28O6/c1-4-6-20-14-23-26(16-25(20)34-17-19-7-5-8-22(13-19)31-3)35-18(2)28(29(23)30)21-9-10-24-27(15-21)33-12-11-32-24/h5,7-10,13-16H,4,6,11-12,17H2,1-3H3. The van der Waals surface area contributed by atoms with Gasteiger partial charge in [-0.3, -0.25) is 4.79 Å². The molecule has 0 amide bonds. The van der Waals surface area contributed by atoms with Gasteiger partial charge in [-0.2, -0.15) is 0 Å². The van der Waals surface area contributed by atoms with Gasteiger partial charge < -0.3 is 23.4 Å². The van der Waals surface area contributed by atoms with E-state index in [1.54, 1.807) is 7.11 Å². The molecule has 2 heterocycles. The summed E-state index contributed by atoms with van der Waals surface area (Å²) in [5.74, 6) is 3.37. The Labute approximate surface area is 204 Å². The minimum absolute atomic E-state index is 0.0721. The number of hydrogen-bond donors (Lipinski definition) is 0. The fourth-order valence-corrected chi connectivity index (χ4v) is 4.43. The Balaban J connectivity index is 1.54. The number of rotatable bonds is 7. The zero-order chi connectivity index (χ0) is 24.4. The zero-order valence-electron chi connectivity index (χ0n) is 20.2. The highest BCUT2D eigenvalue weighted by molar-refractivity contribution is 5.85. The molecule has 0 N–H and O–H groups in total. The second-order valence-electron chi connectivity index (χ2n) is 8.57. The van der Waals surface area contributed by atoms with E-state index in [9.17, 15) is 4.79 Å². The molecule has 0 saturated heterocycles. The third kappa shape index (κ3) is 4.56. The fourth-order valence-electron chi connectivity index (χ4n) is 4.43. The minimum atomic E-state index is -0.0721. The molecule has 4 aromatic rings. The van der Waals surface area contributed by atoms with Crippen LogP contribution in [0.2, 0.25) is 0 Å². The van der Waals surface area contributed by atoms with E-state index >= 15 is 0 Å². The lowest BCUT2D eigenvalue weighted by Crippen LogP contribution is -2.15. The lowest BCUT2D eigenvalue weighted by molar-refractivity contribution is 0.171. The molecule has 0 aliphatic carbocycles. The van der Waals surface area contributed by atoms with Crippen molar-refractivity contribution >= 4 is 11.0 Å². The summed E-state index contributed by atoms with van der Waals surface area (Å²) < 4.78 is 29.0. The van der Waals surface area contributed by atoms with Crippen molar-refractivity contribution in [1.82, 2.24) is 0 Å². The maximum atomic E-state index is 13.6. The lowest BCUT2D eigenvalue weighted by atomic mass is 9.99. The van der Waals surface area contributed by atoms with Crippen molar-refractivity contribution in [2.75, 3.05) is 20.3 Å². The van der Waals surface area contributed by atoms with Gasteiger partial charge in [-0.15, -0.1) is 0 Å². The van der Waals surface area contributed by atoms with Crippen molar-refractivity contribution in [1.29, 1.82) is 0 Å². The van der Waals surface area contributed by atoms with Crippen LogP contribution in [-0.2, 0) is 13.0 Å². The summed E-state index contributed by atoms with van der Waals surface area (Å²) in [5.41, 5.74) is 3.69. The van der Waals surface area contributed by atoms with Crippen LogP contribution in [0.3, 0.4) is 0 Å². The molecule has 0 fully saturated rings. The Bertz CT molecular complexity index is 1440. The molecule has 0 unspecified atom stereocenters. The summed E-state index contributed by atoms with van der Waals surface area (Å²) >= 11 is 0. The Morgan fingerprint density at radius 1 is 0.971 bits per heavy atom. The first-order valence-electron chi connectivity index (χ1n) is 11.8. The first-order chi connectivity index (χ1) is 17.1. The second kappa shape index (κ2) is 9.74. The van der Waals surface area contributed by atoms with Gasteiger partial charge in [0.15, 0.2) is 11.5 Å². The summed E-state index contributed by atoms with van der Waals surface area (Å²) in [4.78, 5) is 13.6. The van der Waals surface area contributed by atoms with Gasteiger partial charge in [0.25, 0.3) is 0 Å². The molecule has 0 saturated carbocycles. The van der Waals surface area contributed by atoms with Gasteiger partial charge in [-0.25, -0.2) is 0 Å². The molecule has 6 nitrogen and oxygen atoms in total. The Hall–Kier alpha value is -3.93. The summed E-state index contributed by atoms with van der Waals surface area (Å²) in [6, 6.07) is 17.1. The van der Waals surface area contributed by atoms with Crippen molar-refractivity contribution in [3.05, 3.63) is 81.7 Å². The summed E-state index contributed by atoms with van der Waals surface area (Å²) in [6.07, 6.45) is 1.71. The van der Waals surface area contributed by atoms with Crippen LogP contribution in [0.1, 0.15) is 30.2 Å². The maximum Gasteiger partial charge on any atom is 0.200 e. The van der Waals surface area contributed by atoms with Crippen molar-refractivity contribution in [2.24, 2.45) is 0 Å². The Kier molecular flexibility index (Phi) is 6.36. The van der Waals surface area contributed by atoms with E-state index in [0.717, 1.165) is 41.0 Å². The molecule has 0 spiro atoms. The maximum absolute atomic E-state index is 13.6. The highest BCUT2D eigenvalue weighted by Crippen LogP contribution is 2.36. The second-order valence-corrected chi connectivity index (χ2v) is 8.57. The molecule has 0 bridgehead atoms. The Morgan fingerprint density at radius 3 is 2.60 bits per heavy atom. The summed E-state index contributed by atoms with van der Waals surface area (Å²) in [7, 11) is 1.65. The molecule has 3 aromatic carbocycles. The van der Waals surface area contributed by atoms with E-state index < -0.39 is 0 Å². The van der Waals surface area contributed by atoms with E-state index in [4.69, 9.17) is 23.4 Å². The molecule has 0 atom stereocenters. The van der Waals surface area contributed by atoms with Crippen molar-refractivity contribution in [2.45, 2.75) is 33.3 Å². The van der Waals surface area contributed by atoms with Crippen LogP contribution in [0.4, 0.5) is 0 Å². The molecule has 35 heavy (non-hydrogen) atoms. The predicted molar refractivity (Wildman–Crippen MR) is 135 cm³/mol. The number of fused-ring (bicyclic) bond motifs is 2. The monoisotopic (exact) mass is 472 g/mol. The highest BCUT2D eigenvalue weighted by Gasteiger charge is 2.19. The molecular weight excluding hydrogens is 444 g/mol. The van der Waals surface area contributed by atoms with Crippen LogP contribution < -0.4 is 24.4 Å². The SMILES string of the molecule is CCCc1cc2c(=O)c(-c3ccc4c(c3)OCCO4)c(C)oc2cc1OCc1cccc(OC)c1. The molecular formula is C29H28O6. The molecule has 1 aliphatic rings. The number of ether oxygens (including phenoxy) is 4. The first-order valence-corrected chi connectivity index (χ1v) is 11.8. The van der Waals surface area contributed by atoms with E-state index in [1.165, 1.54) is 0 Å². The molecule has 0 radical (unpaired) electrons. The average molecular weight is 473 g/mol. The van der Waals surface area contributed by atoms with Crippen molar-refractivity contribution in [3.63, 3.8) is 0 Å². The van der Waals surface area contributed by atoms with Crippen LogP contribution >= 0.6 is 0 Å². The lowest BCUT2D eigenvalue weighted by Gasteiger charge is -2.19. The average Bonchev–Trinajstić information content (AvgIpc) is 2.88. The number of aryl methyl sites for hydroxylation is 2. The molecule has 5 rings (SSSR count). The third-order valence-corrected chi connectivity index (χ3v) is 6.13. The number of benzene rings is 3. The van der Waals surface area contributed by atoms with E-state index in [0.29, 0.717) is 53.6 Å². The normalized spacial score (nSPS) is 12.5. The van der Waals surface area contributed by atoms with E-state index in [-0.39, 0.29) is 5.43 Å². The summed E-state index contributed by atoms with van der Waals surface area (Å²) in [5, 5.41) is 0.540. The van der Waals surface area contributed by atoms with E-state index in [1.807, 2.05) is 61.5 Å². The van der Waals surface area contributed by atoms with Gasteiger partial charge in [0.05, 0.1) is 18.1 Å². The van der Waals surface area contributed by atoms with Crippen molar-refractivity contribution < 1.29 is 23.4 Å². The predicted octanol–water partition coefficient (Wildman–Crippen LogP) is 6.08. The largest absolute Gasteiger partial charge is 0.497 e. The molecule has 1 aromatic heterocycles. The van der Waals surface area contributed by atoms with Crippen LogP contribution in [0.5, 0.6) is 23.0 Å². The molecule has 6 heteroatoms. The van der Waals surface area contributed by atoms with Crippen LogP contribution in [0, 0.1) is 6.92 Å². The fraction of sp³-hybridized carbons (Fsp3) is 0.276. The van der Waals surface area contributed by atoms with E-state index in [2.05, 4.69) is 6.92 Å². The number of methoxy groups -OCH3 is 1.